The molecule has 0 aliphatic carbocycles. The lowest BCUT2D eigenvalue weighted by atomic mass is 9.65. The van der Waals surface area contributed by atoms with Crippen molar-refractivity contribution >= 4 is 52.5 Å². The smallest absolute Gasteiger partial charge is 0.251 e. The van der Waals surface area contributed by atoms with Crippen molar-refractivity contribution in [3.63, 3.8) is 0 Å². The van der Waals surface area contributed by atoms with Crippen molar-refractivity contribution in [2.24, 2.45) is 17.8 Å². The monoisotopic (exact) mass is 699 g/mol. The van der Waals surface area contributed by atoms with Crippen molar-refractivity contribution in [1.82, 2.24) is 4.90 Å². The van der Waals surface area contributed by atoms with E-state index in [9.17, 15) is 9.90 Å². The maximum atomic E-state index is 15.2. The average Bonchev–Trinajstić information content (AvgIpc) is 3.71. The molecule has 10 heteroatoms. The van der Waals surface area contributed by atoms with Gasteiger partial charge in [-0.25, -0.2) is 0 Å². The Morgan fingerprint density at radius 2 is 1.59 bits per heavy atom. The average molecular weight is 700 g/mol. The SMILES string of the molecule is C=CCN(C(=O)C1N([C@H](CO)c2ccccc2)C(=O)[C@@H]2[C@H](C(=O)N(CC=C)c3ccc(OCC)cc3)[C@@H]3CC(C)C12S3)c1ccc(Cl)cc1. The molecule has 1 N–H and O–H groups in total. The fourth-order valence-electron chi connectivity index (χ4n) is 8.13. The van der Waals surface area contributed by atoms with E-state index in [1.807, 2.05) is 61.5 Å². The van der Waals surface area contributed by atoms with Crippen LogP contribution in [0.2, 0.25) is 5.02 Å². The zero-order valence-electron chi connectivity index (χ0n) is 27.8. The summed E-state index contributed by atoms with van der Waals surface area (Å²) in [5, 5.41) is 11.3. The molecule has 3 fully saturated rings. The number of likely N-dealkylation sites (tertiary alicyclic amines) is 1. The molecule has 3 aromatic carbocycles. The molecule has 0 saturated carbocycles. The van der Waals surface area contributed by atoms with Crippen molar-refractivity contribution in [3.8, 4) is 5.75 Å². The number of aliphatic hydroxyl groups excluding tert-OH is 1. The van der Waals surface area contributed by atoms with Gasteiger partial charge in [0.1, 0.15) is 11.8 Å². The molecule has 49 heavy (non-hydrogen) atoms. The molecule has 3 aliphatic heterocycles. The summed E-state index contributed by atoms with van der Waals surface area (Å²) in [7, 11) is 0. The van der Waals surface area contributed by atoms with Gasteiger partial charge in [-0.2, -0.15) is 0 Å². The van der Waals surface area contributed by atoms with Crippen LogP contribution in [0.4, 0.5) is 11.4 Å². The number of anilines is 2. The highest BCUT2D eigenvalue weighted by atomic mass is 35.5. The third kappa shape index (κ3) is 5.96. The van der Waals surface area contributed by atoms with E-state index in [-0.39, 0.29) is 48.6 Å². The Bertz CT molecular complexity index is 1700. The van der Waals surface area contributed by atoms with Gasteiger partial charge in [-0.15, -0.1) is 24.9 Å². The molecule has 3 unspecified atom stereocenters. The summed E-state index contributed by atoms with van der Waals surface area (Å²) in [4.78, 5) is 50.0. The predicted molar refractivity (Wildman–Crippen MR) is 196 cm³/mol. The molecule has 6 rings (SSSR count). The fourth-order valence-corrected chi connectivity index (χ4v) is 10.6. The van der Waals surface area contributed by atoms with Crippen molar-refractivity contribution in [3.05, 3.63) is 115 Å². The van der Waals surface area contributed by atoms with Crippen LogP contribution in [0.3, 0.4) is 0 Å². The van der Waals surface area contributed by atoms with Gasteiger partial charge in [-0.05, 0) is 73.4 Å². The van der Waals surface area contributed by atoms with Gasteiger partial charge < -0.3 is 24.5 Å². The molecule has 256 valence electrons. The lowest BCUT2D eigenvalue weighted by molar-refractivity contribution is -0.142. The molecular formula is C39H42ClN3O5S. The second-order valence-corrected chi connectivity index (χ2v) is 14.8. The summed E-state index contributed by atoms with van der Waals surface area (Å²) in [6.07, 6.45) is 4.01. The first-order valence-electron chi connectivity index (χ1n) is 16.7. The van der Waals surface area contributed by atoms with Gasteiger partial charge in [0, 0.05) is 34.7 Å². The molecular weight excluding hydrogens is 658 g/mol. The summed E-state index contributed by atoms with van der Waals surface area (Å²) in [6, 6.07) is 21.9. The van der Waals surface area contributed by atoms with Crippen molar-refractivity contribution in [1.29, 1.82) is 0 Å². The van der Waals surface area contributed by atoms with Crippen LogP contribution in [0.1, 0.15) is 31.9 Å². The van der Waals surface area contributed by atoms with Gasteiger partial charge >= 0.3 is 0 Å². The first-order valence-corrected chi connectivity index (χ1v) is 18.0. The van der Waals surface area contributed by atoms with E-state index in [2.05, 4.69) is 20.1 Å². The highest BCUT2D eigenvalue weighted by Gasteiger charge is 2.77. The summed E-state index contributed by atoms with van der Waals surface area (Å²) < 4.78 is 4.72. The molecule has 8 nitrogen and oxygen atoms in total. The Balaban J connectivity index is 1.47. The summed E-state index contributed by atoms with van der Waals surface area (Å²) >= 11 is 7.82. The Labute approximate surface area is 297 Å². The second kappa shape index (κ2) is 14.4. The number of fused-ring (bicyclic) bond motifs is 1. The van der Waals surface area contributed by atoms with Gasteiger partial charge in [0.05, 0.1) is 35.8 Å². The first kappa shape index (κ1) is 34.8. The van der Waals surface area contributed by atoms with Gasteiger partial charge in [-0.3, -0.25) is 14.4 Å². The van der Waals surface area contributed by atoms with Gasteiger partial charge in [0.2, 0.25) is 11.8 Å². The van der Waals surface area contributed by atoms with Crippen LogP contribution in [-0.2, 0) is 14.4 Å². The highest BCUT2D eigenvalue weighted by Crippen LogP contribution is 2.69. The van der Waals surface area contributed by atoms with Crippen LogP contribution in [0.25, 0.3) is 0 Å². The summed E-state index contributed by atoms with van der Waals surface area (Å²) in [5.74, 6) is -1.58. The minimum absolute atomic E-state index is 0.0660. The lowest BCUT2D eigenvalue weighted by Gasteiger charge is -2.42. The zero-order chi connectivity index (χ0) is 34.9. The van der Waals surface area contributed by atoms with Gasteiger partial charge in [0.25, 0.3) is 5.91 Å². The molecule has 3 aromatic rings. The van der Waals surface area contributed by atoms with E-state index in [1.54, 1.807) is 62.9 Å². The lowest BCUT2D eigenvalue weighted by Crippen LogP contribution is -2.58. The fraction of sp³-hybridized carbons (Fsp3) is 0.359. The molecule has 0 aromatic heterocycles. The number of ether oxygens (including phenoxy) is 1. The standard InChI is InChI=1S/C39H42ClN3O5S/c1-5-21-41(29-17-19-30(20-18-29)48-7-3)36(45)33-32-23-25(4)39(49-32)34(33)37(46)43(31(24-44)26-11-9-8-10-12-26)35(39)38(47)42(22-6-2)28-15-13-27(40)14-16-28/h5-6,8-20,25,31-35,44H,1-2,7,21-24H2,3-4H3/t25?,31-,32+,33-,34+,35?,39?/m1/s1. The number of amides is 3. The molecule has 3 saturated heterocycles. The number of thioether (sulfide) groups is 1. The predicted octanol–water partition coefficient (Wildman–Crippen LogP) is 6.55. The van der Waals surface area contributed by atoms with Crippen molar-refractivity contribution < 1.29 is 24.2 Å². The number of carbonyl (C=O) groups is 3. The number of hydrogen-bond donors (Lipinski definition) is 1. The number of benzene rings is 3. The van der Waals surface area contributed by atoms with E-state index in [1.165, 1.54) is 0 Å². The number of carbonyl (C=O) groups excluding carboxylic acids is 3. The van der Waals surface area contributed by atoms with Crippen LogP contribution >= 0.6 is 23.4 Å². The quantitative estimate of drug-likeness (QED) is 0.204. The highest BCUT2D eigenvalue weighted by molar-refractivity contribution is 8.02. The van der Waals surface area contributed by atoms with E-state index in [4.69, 9.17) is 16.3 Å². The van der Waals surface area contributed by atoms with E-state index in [0.29, 0.717) is 40.7 Å². The molecule has 3 heterocycles. The third-order valence-corrected chi connectivity index (χ3v) is 12.5. The van der Waals surface area contributed by atoms with Crippen LogP contribution < -0.4 is 14.5 Å². The maximum Gasteiger partial charge on any atom is 0.251 e. The molecule has 2 bridgehead atoms. The topological polar surface area (TPSA) is 90.4 Å². The van der Waals surface area contributed by atoms with Gasteiger partial charge in [0.15, 0.2) is 0 Å². The molecule has 1 spiro atoms. The van der Waals surface area contributed by atoms with Crippen LogP contribution in [0, 0.1) is 17.8 Å². The van der Waals surface area contributed by atoms with E-state index >= 15 is 9.59 Å². The number of halogens is 1. The number of rotatable bonds is 13. The van der Waals surface area contributed by atoms with Crippen molar-refractivity contribution in [2.75, 3.05) is 36.1 Å². The largest absolute Gasteiger partial charge is 0.494 e. The van der Waals surface area contributed by atoms with Crippen LogP contribution in [-0.4, -0.2) is 70.1 Å². The number of aliphatic hydroxyl groups is 1. The third-order valence-electron chi connectivity index (χ3n) is 10.1. The minimum atomic E-state index is -0.959. The zero-order valence-corrected chi connectivity index (χ0v) is 29.4. The Hall–Kier alpha value is -4.05. The Kier molecular flexibility index (Phi) is 10.2. The number of hydrogen-bond acceptors (Lipinski definition) is 6. The Morgan fingerprint density at radius 1 is 1.00 bits per heavy atom. The molecule has 7 atom stereocenters. The number of nitrogens with zero attached hydrogens (tertiary/aromatic N) is 3. The first-order chi connectivity index (χ1) is 23.7. The minimum Gasteiger partial charge on any atom is -0.494 e. The van der Waals surface area contributed by atoms with E-state index in [0.717, 1.165) is 0 Å². The van der Waals surface area contributed by atoms with E-state index < -0.39 is 28.7 Å². The Morgan fingerprint density at radius 3 is 2.16 bits per heavy atom. The van der Waals surface area contributed by atoms with Crippen LogP contribution in [0.5, 0.6) is 5.75 Å². The maximum absolute atomic E-state index is 15.2. The summed E-state index contributed by atoms with van der Waals surface area (Å²) in [6.45, 7) is 12.4. The van der Waals surface area contributed by atoms with Gasteiger partial charge in [-0.1, -0.05) is 61.0 Å². The van der Waals surface area contributed by atoms with Crippen LogP contribution in [0.15, 0.2) is 104 Å². The molecule has 3 amide bonds. The molecule has 3 aliphatic rings. The summed E-state index contributed by atoms with van der Waals surface area (Å²) in [5.41, 5.74) is 2.01. The second-order valence-electron chi connectivity index (χ2n) is 12.8. The normalized spacial score (nSPS) is 25.8. The molecule has 0 radical (unpaired) electrons. The van der Waals surface area contributed by atoms with Crippen molar-refractivity contribution in [2.45, 2.75) is 42.3 Å².